The minimum atomic E-state index is -0.820. The number of aryl methyl sites for hydroxylation is 1. The fourth-order valence-corrected chi connectivity index (χ4v) is 3.45. The van der Waals surface area contributed by atoms with Crippen LogP contribution in [-0.2, 0) is 9.59 Å². The summed E-state index contributed by atoms with van der Waals surface area (Å²) >= 11 is 0. The number of nitro groups is 1. The van der Waals surface area contributed by atoms with Crippen LogP contribution in [0.3, 0.4) is 0 Å². The molecule has 1 saturated heterocycles. The van der Waals surface area contributed by atoms with Crippen molar-refractivity contribution in [1.29, 1.82) is 0 Å². The molecule has 0 aromatic heterocycles. The summed E-state index contributed by atoms with van der Waals surface area (Å²) in [5.41, 5.74) is 1.51. The molecule has 0 aliphatic carbocycles. The second kappa shape index (κ2) is 10.5. The predicted molar refractivity (Wildman–Crippen MR) is 131 cm³/mol. The van der Waals surface area contributed by atoms with Gasteiger partial charge in [0, 0.05) is 17.7 Å². The van der Waals surface area contributed by atoms with E-state index in [0.717, 1.165) is 10.5 Å². The van der Waals surface area contributed by atoms with E-state index in [2.05, 4.69) is 5.32 Å². The second-order valence-corrected chi connectivity index (χ2v) is 7.78. The highest BCUT2D eigenvalue weighted by Gasteiger charge is 2.36. The normalized spacial score (nSPS) is 14.5. The first-order chi connectivity index (χ1) is 17.3. The predicted octanol–water partition coefficient (Wildman–Crippen LogP) is 4.03. The number of amides is 4. The Balaban J connectivity index is 1.47. The van der Waals surface area contributed by atoms with Gasteiger partial charge in [0.05, 0.1) is 10.6 Å². The summed E-state index contributed by atoms with van der Waals surface area (Å²) in [6, 6.07) is 18.4. The third-order valence-electron chi connectivity index (χ3n) is 5.27. The Morgan fingerprint density at radius 3 is 2.28 bits per heavy atom. The number of imide groups is 2. The molecule has 1 heterocycles. The van der Waals surface area contributed by atoms with Crippen LogP contribution in [0.15, 0.2) is 78.4 Å². The minimum absolute atomic E-state index is 0.0375. The van der Waals surface area contributed by atoms with Crippen LogP contribution in [0.1, 0.15) is 11.1 Å². The number of nitrogens with zero attached hydrogens (tertiary/aromatic N) is 2. The zero-order valence-corrected chi connectivity index (χ0v) is 19.2. The summed E-state index contributed by atoms with van der Waals surface area (Å²) in [5, 5.41) is 12.9. The fraction of sp³-hybridized carbons (Fsp3) is 0.115. The zero-order chi connectivity index (χ0) is 25.7. The molecule has 0 bridgehead atoms. The van der Waals surface area contributed by atoms with Crippen LogP contribution in [-0.4, -0.2) is 36.0 Å². The zero-order valence-electron chi connectivity index (χ0n) is 19.2. The van der Waals surface area contributed by atoms with Gasteiger partial charge >= 0.3 is 6.03 Å². The van der Waals surface area contributed by atoms with E-state index in [1.54, 1.807) is 48.5 Å². The molecule has 4 amide bonds. The van der Waals surface area contributed by atoms with Crippen LogP contribution >= 0.6 is 0 Å². The van der Waals surface area contributed by atoms with E-state index in [4.69, 9.17) is 9.47 Å². The molecule has 0 saturated carbocycles. The van der Waals surface area contributed by atoms with Gasteiger partial charge in [0.25, 0.3) is 17.5 Å². The molecule has 10 nitrogen and oxygen atoms in total. The topological polar surface area (TPSA) is 128 Å². The number of non-ortho nitro benzene ring substituents is 1. The SMILES string of the molecule is Cc1ccc(N2C(=O)NC(=O)/C(=C\c3ccccc3OCCOc3ccc([N+](=O)[O-])cc3)C2=O)cc1. The molecule has 1 fully saturated rings. The molecule has 0 unspecified atom stereocenters. The number of para-hydroxylation sites is 1. The lowest BCUT2D eigenvalue weighted by Crippen LogP contribution is -2.54. The van der Waals surface area contributed by atoms with E-state index in [1.807, 2.05) is 6.92 Å². The van der Waals surface area contributed by atoms with Crippen LogP contribution in [0.4, 0.5) is 16.2 Å². The van der Waals surface area contributed by atoms with Gasteiger partial charge in [0.1, 0.15) is 30.3 Å². The number of barbiturate groups is 1. The van der Waals surface area contributed by atoms with Gasteiger partial charge in [-0.15, -0.1) is 0 Å². The number of nitro benzene ring substituents is 1. The molecule has 3 aromatic rings. The maximum Gasteiger partial charge on any atom is 0.335 e. The summed E-state index contributed by atoms with van der Waals surface area (Å²) in [6.45, 7) is 2.16. The number of carbonyl (C=O) groups excluding carboxylic acids is 3. The van der Waals surface area contributed by atoms with Gasteiger partial charge in [-0.2, -0.15) is 0 Å². The number of ether oxygens (including phenoxy) is 2. The first-order valence-electron chi connectivity index (χ1n) is 10.9. The summed E-state index contributed by atoms with van der Waals surface area (Å²) in [6.07, 6.45) is 1.37. The molecule has 0 atom stereocenters. The Bertz CT molecular complexity index is 1350. The van der Waals surface area contributed by atoms with Gasteiger partial charge in [0.2, 0.25) is 0 Å². The Morgan fingerprint density at radius 1 is 0.917 bits per heavy atom. The van der Waals surface area contributed by atoms with Crippen LogP contribution in [0, 0.1) is 17.0 Å². The number of hydrogen-bond donors (Lipinski definition) is 1. The average Bonchev–Trinajstić information content (AvgIpc) is 2.86. The number of anilines is 1. The van der Waals surface area contributed by atoms with Gasteiger partial charge in [-0.25, -0.2) is 9.69 Å². The molecular formula is C26H21N3O7. The first-order valence-corrected chi connectivity index (χ1v) is 10.9. The summed E-state index contributed by atoms with van der Waals surface area (Å²) < 4.78 is 11.3. The lowest BCUT2D eigenvalue weighted by atomic mass is 10.1. The van der Waals surface area contributed by atoms with Crippen molar-refractivity contribution in [2.45, 2.75) is 6.92 Å². The molecule has 0 spiro atoms. The quantitative estimate of drug-likeness (QED) is 0.167. The number of hydrogen-bond acceptors (Lipinski definition) is 7. The van der Waals surface area contributed by atoms with Crippen molar-refractivity contribution in [2.24, 2.45) is 0 Å². The highest BCUT2D eigenvalue weighted by Crippen LogP contribution is 2.26. The molecule has 1 aliphatic heterocycles. The Labute approximate surface area is 205 Å². The van der Waals surface area contributed by atoms with E-state index >= 15 is 0 Å². The van der Waals surface area contributed by atoms with Crippen molar-refractivity contribution in [3.63, 3.8) is 0 Å². The standard InChI is InChI=1S/C26H21N3O7/c1-17-6-8-19(9-7-17)28-25(31)22(24(30)27-26(28)32)16-18-4-2-3-5-23(18)36-15-14-35-21-12-10-20(11-13-21)29(33)34/h2-13,16H,14-15H2,1H3,(H,27,30,32)/b22-16+. The van der Waals surface area contributed by atoms with Crippen LogP contribution in [0.25, 0.3) is 6.08 Å². The molecule has 3 aromatic carbocycles. The van der Waals surface area contributed by atoms with Crippen molar-refractivity contribution in [3.05, 3.63) is 99.6 Å². The van der Waals surface area contributed by atoms with E-state index < -0.39 is 22.8 Å². The maximum absolute atomic E-state index is 13.1. The van der Waals surface area contributed by atoms with Gasteiger partial charge in [-0.3, -0.25) is 25.0 Å². The Kier molecular flexibility index (Phi) is 7.05. The lowest BCUT2D eigenvalue weighted by molar-refractivity contribution is -0.384. The van der Waals surface area contributed by atoms with Gasteiger partial charge in [0.15, 0.2) is 0 Å². The molecule has 182 valence electrons. The summed E-state index contributed by atoms with van der Waals surface area (Å²) in [4.78, 5) is 49.1. The lowest BCUT2D eigenvalue weighted by Gasteiger charge is -2.26. The maximum atomic E-state index is 13.1. The Hall–Kier alpha value is -4.99. The summed E-state index contributed by atoms with van der Waals surface area (Å²) in [5.74, 6) is -0.699. The monoisotopic (exact) mass is 487 g/mol. The van der Waals surface area contributed by atoms with E-state index in [1.165, 1.54) is 30.3 Å². The minimum Gasteiger partial charge on any atom is -0.490 e. The smallest absolute Gasteiger partial charge is 0.335 e. The number of nitrogens with one attached hydrogen (secondary N) is 1. The fourth-order valence-electron chi connectivity index (χ4n) is 3.45. The van der Waals surface area contributed by atoms with Crippen LogP contribution < -0.4 is 19.7 Å². The highest BCUT2D eigenvalue weighted by atomic mass is 16.6. The molecule has 4 rings (SSSR count). The molecular weight excluding hydrogens is 466 g/mol. The third kappa shape index (κ3) is 5.39. The molecule has 1 N–H and O–H groups in total. The first kappa shape index (κ1) is 24.1. The van der Waals surface area contributed by atoms with E-state index in [-0.39, 0.29) is 24.5 Å². The second-order valence-electron chi connectivity index (χ2n) is 7.78. The highest BCUT2D eigenvalue weighted by molar-refractivity contribution is 6.39. The number of carbonyl (C=O) groups is 3. The number of urea groups is 1. The van der Waals surface area contributed by atoms with Crippen LogP contribution in [0.5, 0.6) is 11.5 Å². The summed E-state index contributed by atoms with van der Waals surface area (Å²) in [7, 11) is 0. The molecule has 10 heteroatoms. The van der Waals surface area contributed by atoms with Gasteiger partial charge in [-0.05, 0) is 43.3 Å². The van der Waals surface area contributed by atoms with Crippen molar-refractivity contribution >= 4 is 35.3 Å². The largest absolute Gasteiger partial charge is 0.490 e. The molecule has 0 radical (unpaired) electrons. The average molecular weight is 487 g/mol. The molecule has 36 heavy (non-hydrogen) atoms. The van der Waals surface area contributed by atoms with E-state index in [9.17, 15) is 24.5 Å². The van der Waals surface area contributed by atoms with Gasteiger partial charge < -0.3 is 9.47 Å². The van der Waals surface area contributed by atoms with Crippen molar-refractivity contribution in [2.75, 3.05) is 18.1 Å². The van der Waals surface area contributed by atoms with Crippen molar-refractivity contribution < 1.29 is 28.8 Å². The van der Waals surface area contributed by atoms with Crippen molar-refractivity contribution in [1.82, 2.24) is 5.32 Å². The van der Waals surface area contributed by atoms with Gasteiger partial charge in [-0.1, -0.05) is 35.9 Å². The van der Waals surface area contributed by atoms with Crippen LogP contribution in [0.2, 0.25) is 0 Å². The Morgan fingerprint density at radius 2 is 1.58 bits per heavy atom. The number of rotatable bonds is 8. The van der Waals surface area contributed by atoms with Crippen molar-refractivity contribution in [3.8, 4) is 11.5 Å². The van der Waals surface area contributed by atoms with E-state index in [0.29, 0.717) is 22.7 Å². The number of benzene rings is 3. The third-order valence-corrected chi connectivity index (χ3v) is 5.27. The molecule has 1 aliphatic rings.